The number of methoxy groups -OCH3 is 1. The minimum atomic E-state index is -0.415. The lowest BCUT2D eigenvalue weighted by molar-refractivity contribution is -0.121. The molecule has 150 valence electrons. The predicted octanol–water partition coefficient (Wildman–Crippen LogP) is 3.82. The van der Waals surface area contributed by atoms with Gasteiger partial charge in [0.1, 0.15) is 0 Å². The van der Waals surface area contributed by atoms with Crippen LogP contribution in [0.2, 0.25) is 0 Å². The largest absolute Gasteiger partial charge is 0.493 e. The molecule has 28 heavy (non-hydrogen) atoms. The minimum Gasteiger partial charge on any atom is -0.493 e. The van der Waals surface area contributed by atoms with Crippen LogP contribution in [0.15, 0.2) is 53.4 Å². The number of nitrogens with one attached hydrogen (secondary N) is 2. The topological polar surface area (TPSA) is 76.7 Å². The highest BCUT2D eigenvalue weighted by Gasteiger charge is 2.13. The molecule has 2 aromatic rings. The number of carbonyl (C=O) groups is 2. The van der Waals surface area contributed by atoms with E-state index in [-0.39, 0.29) is 12.0 Å². The third-order valence-electron chi connectivity index (χ3n) is 3.66. The molecule has 0 heterocycles. The molecular formula is C21H26N2O4S. The molecule has 2 rings (SSSR count). The van der Waals surface area contributed by atoms with Crippen LogP contribution in [0.3, 0.4) is 0 Å². The average Bonchev–Trinajstić information content (AvgIpc) is 2.70. The van der Waals surface area contributed by atoms with Crippen LogP contribution in [0.25, 0.3) is 0 Å². The lowest BCUT2D eigenvalue weighted by Crippen LogP contribution is -2.41. The van der Waals surface area contributed by atoms with Gasteiger partial charge in [0.2, 0.25) is 5.91 Å². The number of ether oxygens (including phenoxy) is 2. The zero-order valence-corrected chi connectivity index (χ0v) is 17.2. The van der Waals surface area contributed by atoms with Crippen LogP contribution >= 0.6 is 11.8 Å². The number of carbonyl (C=O) groups excluding carboxylic acids is 2. The fraction of sp³-hybridized carbons (Fsp3) is 0.333. The monoisotopic (exact) mass is 402 g/mol. The molecule has 0 aliphatic heterocycles. The van der Waals surface area contributed by atoms with E-state index in [9.17, 15) is 9.59 Å². The van der Waals surface area contributed by atoms with E-state index in [0.29, 0.717) is 23.5 Å². The highest BCUT2D eigenvalue weighted by atomic mass is 32.2. The van der Waals surface area contributed by atoms with Gasteiger partial charge in [-0.3, -0.25) is 20.4 Å². The molecule has 0 bridgehead atoms. The van der Waals surface area contributed by atoms with Crippen LogP contribution in [0.5, 0.6) is 11.5 Å². The summed E-state index contributed by atoms with van der Waals surface area (Å²) < 4.78 is 10.9. The summed E-state index contributed by atoms with van der Waals surface area (Å²) in [6.45, 7) is 3.82. The Bertz CT molecular complexity index is 781. The van der Waals surface area contributed by atoms with Crippen LogP contribution in [-0.2, 0) is 4.79 Å². The van der Waals surface area contributed by atoms with Gasteiger partial charge < -0.3 is 9.47 Å². The Morgan fingerprint density at radius 2 is 1.79 bits per heavy atom. The van der Waals surface area contributed by atoms with E-state index in [1.807, 2.05) is 44.2 Å². The SMILES string of the molecule is COc1cc(C(=O)NNC(=O)CCCSc2ccccc2)ccc1OC(C)C. The van der Waals surface area contributed by atoms with Gasteiger partial charge in [-0.25, -0.2) is 0 Å². The number of rotatable bonds is 9. The fourth-order valence-electron chi connectivity index (χ4n) is 2.36. The molecule has 2 N–H and O–H groups in total. The molecular weight excluding hydrogens is 376 g/mol. The zero-order chi connectivity index (χ0) is 20.4. The van der Waals surface area contributed by atoms with Crippen LogP contribution in [0.4, 0.5) is 0 Å². The number of hydrazine groups is 1. The van der Waals surface area contributed by atoms with Crippen LogP contribution in [0, 0.1) is 0 Å². The van der Waals surface area contributed by atoms with Crippen molar-refractivity contribution in [2.75, 3.05) is 12.9 Å². The van der Waals surface area contributed by atoms with Gasteiger partial charge in [-0.2, -0.15) is 0 Å². The van der Waals surface area contributed by atoms with Crippen molar-refractivity contribution < 1.29 is 19.1 Å². The number of hydrogen-bond acceptors (Lipinski definition) is 5. The summed E-state index contributed by atoms with van der Waals surface area (Å²) in [5.74, 6) is 1.22. The van der Waals surface area contributed by atoms with Gasteiger partial charge in [-0.15, -0.1) is 11.8 Å². The Kier molecular flexibility index (Phi) is 8.68. The molecule has 0 radical (unpaired) electrons. The Balaban J connectivity index is 1.75. The van der Waals surface area contributed by atoms with Crippen LogP contribution in [0.1, 0.15) is 37.0 Å². The van der Waals surface area contributed by atoms with E-state index in [4.69, 9.17) is 9.47 Å². The van der Waals surface area contributed by atoms with Crippen molar-refractivity contribution in [1.82, 2.24) is 10.9 Å². The first kappa shape index (κ1) is 21.6. The van der Waals surface area contributed by atoms with Gasteiger partial charge in [0.05, 0.1) is 13.2 Å². The second-order valence-corrected chi connectivity index (χ2v) is 7.47. The average molecular weight is 403 g/mol. The Labute approximate surface area is 170 Å². The van der Waals surface area contributed by atoms with Crippen LogP contribution < -0.4 is 20.3 Å². The third kappa shape index (κ3) is 7.15. The van der Waals surface area contributed by atoms with E-state index in [0.717, 1.165) is 12.2 Å². The molecule has 0 saturated carbocycles. The first-order valence-corrected chi connectivity index (χ1v) is 10.1. The van der Waals surface area contributed by atoms with Crippen molar-refractivity contribution in [3.05, 3.63) is 54.1 Å². The summed E-state index contributed by atoms with van der Waals surface area (Å²) in [7, 11) is 1.51. The first-order chi connectivity index (χ1) is 13.5. The summed E-state index contributed by atoms with van der Waals surface area (Å²) in [5.41, 5.74) is 5.24. The lowest BCUT2D eigenvalue weighted by Gasteiger charge is -2.14. The molecule has 6 nitrogen and oxygen atoms in total. The van der Waals surface area contributed by atoms with Crippen molar-refractivity contribution in [2.24, 2.45) is 0 Å². The smallest absolute Gasteiger partial charge is 0.269 e. The van der Waals surface area contributed by atoms with E-state index in [1.54, 1.807) is 30.0 Å². The fourth-order valence-corrected chi connectivity index (χ4v) is 3.23. The first-order valence-electron chi connectivity index (χ1n) is 9.11. The van der Waals surface area contributed by atoms with Gasteiger partial charge in [0, 0.05) is 16.9 Å². The molecule has 0 saturated heterocycles. The van der Waals surface area contributed by atoms with E-state index in [2.05, 4.69) is 10.9 Å². The van der Waals surface area contributed by atoms with Gasteiger partial charge in [-0.05, 0) is 56.4 Å². The molecule has 2 aromatic carbocycles. The molecule has 0 spiro atoms. The Hall–Kier alpha value is -2.67. The number of thioether (sulfide) groups is 1. The highest BCUT2D eigenvalue weighted by Crippen LogP contribution is 2.28. The summed E-state index contributed by atoms with van der Waals surface area (Å²) in [6.07, 6.45) is 1.05. The van der Waals surface area contributed by atoms with Gasteiger partial charge >= 0.3 is 0 Å². The maximum atomic E-state index is 12.2. The summed E-state index contributed by atoms with van der Waals surface area (Å²) in [5, 5.41) is 0. The molecule has 7 heteroatoms. The third-order valence-corrected chi connectivity index (χ3v) is 4.76. The predicted molar refractivity (Wildman–Crippen MR) is 111 cm³/mol. The van der Waals surface area contributed by atoms with Gasteiger partial charge in [0.15, 0.2) is 11.5 Å². The van der Waals surface area contributed by atoms with E-state index < -0.39 is 5.91 Å². The van der Waals surface area contributed by atoms with Crippen molar-refractivity contribution in [2.45, 2.75) is 37.7 Å². The number of amides is 2. The van der Waals surface area contributed by atoms with E-state index >= 15 is 0 Å². The highest BCUT2D eigenvalue weighted by molar-refractivity contribution is 7.99. The van der Waals surface area contributed by atoms with Gasteiger partial charge in [-0.1, -0.05) is 18.2 Å². The summed E-state index contributed by atoms with van der Waals surface area (Å²) in [4.78, 5) is 25.3. The van der Waals surface area contributed by atoms with Gasteiger partial charge in [0.25, 0.3) is 5.91 Å². The van der Waals surface area contributed by atoms with Crippen molar-refractivity contribution in [1.29, 1.82) is 0 Å². The number of benzene rings is 2. The van der Waals surface area contributed by atoms with Crippen LogP contribution in [-0.4, -0.2) is 30.8 Å². The molecule has 0 fully saturated rings. The maximum Gasteiger partial charge on any atom is 0.269 e. The second kappa shape index (κ2) is 11.2. The summed E-state index contributed by atoms with van der Waals surface area (Å²) >= 11 is 1.70. The minimum absolute atomic E-state index is 0.00656. The normalized spacial score (nSPS) is 10.4. The molecule has 0 aliphatic carbocycles. The molecule has 0 aromatic heterocycles. The zero-order valence-electron chi connectivity index (χ0n) is 16.4. The van der Waals surface area contributed by atoms with Crippen molar-refractivity contribution in [3.63, 3.8) is 0 Å². The Morgan fingerprint density at radius 3 is 2.46 bits per heavy atom. The Morgan fingerprint density at radius 1 is 1.04 bits per heavy atom. The molecule has 0 unspecified atom stereocenters. The summed E-state index contributed by atoms with van der Waals surface area (Å²) in [6, 6.07) is 14.9. The lowest BCUT2D eigenvalue weighted by atomic mass is 10.2. The second-order valence-electron chi connectivity index (χ2n) is 6.30. The standard InChI is InChI=1S/C21H26N2O4S/c1-15(2)27-18-12-11-16(14-19(18)26-3)21(25)23-22-20(24)10-7-13-28-17-8-5-4-6-9-17/h4-6,8-9,11-12,14-15H,7,10,13H2,1-3H3,(H,22,24)(H,23,25). The van der Waals surface area contributed by atoms with Crippen molar-refractivity contribution in [3.8, 4) is 11.5 Å². The molecule has 0 aliphatic rings. The quantitative estimate of drug-likeness (QED) is 0.379. The maximum absolute atomic E-state index is 12.2. The van der Waals surface area contributed by atoms with Crippen molar-refractivity contribution >= 4 is 23.6 Å². The molecule has 2 amide bonds. The molecule has 0 atom stereocenters. The number of hydrogen-bond donors (Lipinski definition) is 2. The van der Waals surface area contributed by atoms with E-state index in [1.165, 1.54) is 12.0 Å².